The van der Waals surface area contributed by atoms with Gasteiger partial charge in [0.25, 0.3) is 0 Å². The van der Waals surface area contributed by atoms with Gasteiger partial charge in [-0.2, -0.15) is 0 Å². The molecule has 21 heavy (non-hydrogen) atoms. The third kappa shape index (κ3) is 9.20. The molecule has 1 rings (SSSR count). The SMILES string of the molecule is CCCCCOC(=O)/C=C/C(=O)OCCN1CCOCC1. The van der Waals surface area contributed by atoms with Gasteiger partial charge in [0.15, 0.2) is 0 Å². The highest BCUT2D eigenvalue weighted by atomic mass is 16.5. The number of carbonyl (C=O) groups is 2. The maximum atomic E-state index is 11.4. The van der Waals surface area contributed by atoms with Crippen molar-refractivity contribution in [2.45, 2.75) is 26.2 Å². The Labute approximate surface area is 126 Å². The first-order chi connectivity index (χ1) is 10.2. The molecule has 0 spiro atoms. The Hall–Kier alpha value is -1.40. The predicted octanol–water partition coefficient (Wildman–Crippen LogP) is 1.15. The molecule has 0 aromatic heterocycles. The molecule has 0 aromatic rings. The Morgan fingerprint density at radius 3 is 2.29 bits per heavy atom. The first-order valence-electron chi connectivity index (χ1n) is 7.54. The summed E-state index contributed by atoms with van der Waals surface area (Å²) in [6.07, 6.45) is 5.17. The number of morpholine rings is 1. The van der Waals surface area contributed by atoms with E-state index in [0.29, 0.717) is 19.8 Å². The average molecular weight is 299 g/mol. The summed E-state index contributed by atoms with van der Waals surface area (Å²) in [5.74, 6) is -1.02. The van der Waals surface area contributed by atoms with Gasteiger partial charge in [-0.1, -0.05) is 19.8 Å². The molecule has 0 aliphatic carbocycles. The van der Waals surface area contributed by atoms with E-state index < -0.39 is 11.9 Å². The van der Waals surface area contributed by atoms with Gasteiger partial charge in [-0.15, -0.1) is 0 Å². The lowest BCUT2D eigenvalue weighted by Gasteiger charge is -2.25. The maximum absolute atomic E-state index is 11.4. The normalized spacial score (nSPS) is 16.0. The lowest BCUT2D eigenvalue weighted by atomic mass is 10.3. The van der Waals surface area contributed by atoms with E-state index in [1.807, 2.05) is 0 Å². The van der Waals surface area contributed by atoms with E-state index in [1.54, 1.807) is 0 Å². The molecule has 1 aliphatic heterocycles. The summed E-state index contributed by atoms with van der Waals surface area (Å²) in [6, 6.07) is 0. The van der Waals surface area contributed by atoms with Crippen molar-refractivity contribution in [3.63, 3.8) is 0 Å². The van der Waals surface area contributed by atoms with Crippen molar-refractivity contribution in [3.05, 3.63) is 12.2 Å². The van der Waals surface area contributed by atoms with Crippen molar-refractivity contribution >= 4 is 11.9 Å². The number of unbranched alkanes of at least 4 members (excludes halogenated alkanes) is 2. The summed E-state index contributed by atoms with van der Waals surface area (Å²) in [7, 11) is 0. The molecular formula is C15H25NO5. The van der Waals surface area contributed by atoms with E-state index in [1.165, 1.54) is 0 Å². The Morgan fingerprint density at radius 1 is 1.05 bits per heavy atom. The zero-order valence-electron chi connectivity index (χ0n) is 12.7. The number of rotatable bonds is 9. The monoisotopic (exact) mass is 299 g/mol. The highest BCUT2D eigenvalue weighted by Gasteiger charge is 2.10. The average Bonchev–Trinajstić information content (AvgIpc) is 2.50. The van der Waals surface area contributed by atoms with Crippen molar-refractivity contribution in [3.8, 4) is 0 Å². The maximum Gasteiger partial charge on any atom is 0.331 e. The zero-order chi connectivity index (χ0) is 15.3. The highest BCUT2D eigenvalue weighted by molar-refractivity contribution is 5.91. The third-order valence-corrected chi connectivity index (χ3v) is 3.10. The molecule has 0 N–H and O–H groups in total. The smallest absolute Gasteiger partial charge is 0.331 e. The van der Waals surface area contributed by atoms with E-state index >= 15 is 0 Å². The number of esters is 2. The zero-order valence-corrected chi connectivity index (χ0v) is 12.7. The first-order valence-corrected chi connectivity index (χ1v) is 7.54. The molecule has 1 heterocycles. The van der Waals surface area contributed by atoms with Crippen LogP contribution in [-0.4, -0.2) is 62.9 Å². The quantitative estimate of drug-likeness (QED) is 0.361. The molecule has 0 aromatic carbocycles. The van der Waals surface area contributed by atoms with Crippen LogP contribution < -0.4 is 0 Å². The lowest BCUT2D eigenvalue weighted by molar-refractivity contribution is -0.140. The van der Waals surface area contributed by atoms with Gasteiger partial charge in [0.2, 0.25) is 0 Å². The van der Waals surface area contributed by atoms with Crippen LogP contribution in [0.4, 0.5) is 0 Å². The minimum atomic E-state index is -0.520. The Kier molecular flexibility index (Phi) is 9.48. The summed E-state index contributed by atoms with van der Waals surface area (Å²) in [6.45, 7) is 6.63. The van der Waals surface area contributed by atoms with Crippen molar-refractivity contribution in [1.29, 1.82) is 0 Å². The molecule has 0 atom stereocenters. The second kappa shape index (κ2) is 11.3. The number of carbonyl (C=O) groups excluding carboxylic acids is 2. The molecule has 1 aliphatic rings. The Morgan fingerprint density at radius 2 is 1.67 bits per heavy atom. The van der Waals surface area contributed by atoms with Crippen LogP contribution >= 0.6 is 0 Å². The van der Waals surface area contributed by atoms with Gasteiger partial charge >= 0.3 is 11.9 Å². The second-order valence-electron chi connectivity index (χ2n) is 4.83. The van der Waals surface area contributed by atoms with Crippen molar-refractivity contribution in [1.82, 2.24) is 4.90 Å². The van der Waals surface area contributed by atoms with Crippen LogP contribution in [0.3, 0.4) is 0 Å². The summed E-state index contributed by atoms with van der Waals surface area (Å²) >= 11 is 0. The van der Waals surface area contributed by atoms with E-state index in [0.717, 1.165) is 57.7 Å². The molecule has 0 amide bonds. The fourth-order valence-electron chi connectivity index (χ4n) is 1.86. The van der Waals surface area contributed by atoms with Gasteiger partial charge in [0.05, 0.1) is 19.8 Å². The summed E-state index contributed by atoms with van der Waals surface area (Å²) in [4.78, 5) is 24.9. The van der Waals surface area contributed by atoms with Gasteiger partial charge in [-0.3, -0.25) is 4.90 Å². The first kappa shape index (κ1) is 17.7. The van der Waals surface area contributed by atoms with E-state index in [2.05, 4.69) is 11.8 Å². The minimum Gasteiger partial charge on any atom is -0.463 e. The van der Waals surface area contributed by atoms with Gasteiger partial charge in [-0.25, -0.2) is 9.59 Å². The van der Waals surface area contributed by atoms with Gasteiger partial charge in [-0.05, 0) is 6.42 Å². The lowest BCUT2D eigenvalue weighted by Crippen LogP contribution is -2.38. The van der Waals surface area contributed by atoms with Crippen LogP contribution in [0.1, 0.15) is 26.2 Å². The summed E-state index contributed by atoms with van der Waals surface area (Å²) in [5, 5.41) is 0. The van der Waals surface area contributed by atoms with Gasteiger partial charge in [0, 0.05) is 31.8 Å². The fraction of sp³-hybridized carbons (Fsp3) is 0.733. The van der Waals surface area contributed by atoms with Crippen LogP contribution in [0.2, 0.25) is 0 Å². The standard InChI is InChI=1S/C15H25NO5/c1-2-3-4-10-20-14(17)5-6-15(18)21-13-9-16-7-11-19-12-8-16/h5-6H,2-4,7-13H2,1H3/b6-5+. The highest BCUT2D eigenvalue weighted by Crippen LogP contribution is 1.97. The van der Waals surface area contributed by atoms with Gasteiger partial charge < -0.3 is 14.2 Å². The van der Waals surface area contributed by atoms with E-state index in [4.69, 9.17) is 14.2 Å². The van der Waals surface area contributed by atoms with Crippen molar-refractivity contribution < 1.29 is 23.8 Å². The van der Waals surface area contributed by atoms with Crippen LogP contribution in [0, 0.1) is 0 Å². The molecule has 0 unspecified atom stereocenters. The molecule has 120 valence electrons. The fourth-order valence-corrected chi connectivity index (χ4v) is 1.86. The number of nitrogens with zero attached hydrogens (tertiary/aromatic N) is 1. The molecule has 1 saturated heterocycles. The van der Waals surface area contributed by atoms with Crippen LogP contribution in [-0.2, 0) is 23.8 Å². The Bertz CT molecular complexity index is 337. The molecule has 0 bridgehead atoms. The van der Waals surface area contributed by atoms with Crippen LogP contribution in [0.25, 0.3) is 0 Å². The molecule has 1 fully saturated rings. The van der Waals surface area contributed by atoms with Crippen molar-refractivity contribution in [2.24, 2.45) is 0 Å². The number of hydrogen-bond acceptors (Lipinski definition) is 6. The number of hydrogen-bond donors (Lipinski definition) is 0. The van der Waals surface area contributed by atoms with E-state index in [9.17, 15) is 9.59 Å². The molecule has 0 radical (unpaired) electrons. The van der Waals surface area contributed by atoms with E-state index in [-0.39, 0.29) is 0 Å². The molecule has 6 nitrogen and oxygen atoms in total. The second-order valence-corrected chi connectivity index (χ2v) is 4.83. The largest absolute Gasteiger partial charge is 0.463 e. The third-order valence-electron chi connectivity index (χ3n) is 3.10. The topological polar surface area (TPSA) is 65.1 Å². The predicted molar refractivity (Wildman–Crippen MR) is 77.8 cm³/mol. The minimum absolute atomic E-state index is 0.314. The number of ether oxygens (including phenoxy) is 3. The Balaban J connectivity index is 2.05. The molecule has 6 heteroatoms. The summed E-state index contributed by atoms with van der Waals surface area (Å²) < 4.78 is 15.2. The molecule has 0 saturated carbocycles. The van der Waals surface area contributed by atoms with Gasteiger partial charge in [0.1, 0.15) is 6.61 Å². The van der Waals surface area contributed by atoms with Crippen molar-refractivity contribution in [2.75, 3.05) is 46.1 Å². The van der Waals surface area contributed by atoms with Crippen LogP contribution in [0.15, 0.2) is 12.2 Å². The van der Waals surface area contributed by atoms with Crippen LogP contribution in [0.5, 0.6) is 0 Å². The summed E-state index contributed by atoms with van der Waals surface area (Å²) in [5.41, 5.74) is 0. The molecular weight excluding hydrogens is 274 g/mol.